The number of hydrogen-bond donors (Lipinski definition) is 1. The molecule has 5 nitrogen and oxygen atoms in total. The van der Waals surface area contributed by atoms with Crippen molar-refractivity contribution in [2.75, 3.05) is 42.9 Å². The Labute approximate surface area is 159 Å². The third-order valence-corrected chi connectivity index (χ3v) is 4.60. The van der Waals surface area contributed by atoms with E-state index in [-0.39, 0.29) is 5.91 Å². The van der Waals surface area contributed by atoms with Gasteiger partial charge in [0.1, 0.15) is 5.82 Å². The number of aromatic nitrogens is 1. The minimum atomic E-state index is -0.203. The zero-order valence-corrected chi connectivity index (χ0v) is 15.2. The first-order valence-corrected chi connectivity index (χ1v) is 8.97. The number of rotatable bonds is 5. The van der Waals surface area contributed by atoms with Gasteiger partial charge in [0, 0.05) is 56.1 Å². The molecule has 1 aromatic carbocycles. The van der Waals surface area contributed by atoms with Gasteiger partial charge >= 0.3 is 0 Å². The maximum Gasteiger partial charge on any atom is 0.257 e. The van der Waals surface area contributed by atoms with E-state index in [0.717, 1.165) is 45.0 Å². The highest BCUT2D eigenvalue weighted by molar-refractivity contribution is 6.30. The molecule has 1 aromatic heterocycles. The predicted molar refractivity (Wildman–Crippen MR) is 106 cm³/mol. The summed E-state index contributed by atoms with van der Waals surface area (Å²) in [5, 5.41) is 3.40. The van der Waals surface area contributed by atoms with Crippen LogP contribution in [0.4, 0.5) is 11.5 Å². The van der Waals surface area contributed by atoms with Crippen molar-refractivity contribution in [1.29, 1.82) is 0 Å². The van der Waals surface area contributed by atoms with Crippen molar-refractivity contribution < 1.29 is 4.79 Å². The molecule has 0 saturated carbocycles. The summed E-state index contributed by atoms with van der Waals surface area (Å²) in [5.74, 6) is 3.37. The molecule has 3 rings (SSSR count). The van der Waals surface area contributed by atoms with Gasteiger partial charge in [-0.25, -0.2) is 4.98 Å². The number of benzene rings is 1. The van der Waals surface area contributed by atoms with Crippen LogP contribution in [0.5, 0.6) is 0 Å². The lowest BCUT2D eigenvalue weighted by Gasteiger charge is -2.35. The SMILES string of the molecule is C#CCCN1CCN(c2ccc(C(=O)Nc3cccc(Cl)c3)cn2)CC1. The van der Waals surface area contributed by atoms with Crippen molar-refractivity contribution in [2.24, 2.45) is 0 Å². The van der Waals surface area contributed by atoms with Gasteiger partial charge in [-0.05, 0) is 30.3 Å². The average Bonchev–Trinajstić information content (AvgIpc) is 2.67. The second-order valence-corrected chi connectivity index (χ2v) is 6.59. The molecule has 0 aliphatic carbocycles. The van der Waals surface area contributed by atoms with Crippen LogP contribution in [0.3, 0.4) is 0 Å². The molecule has 0 unspecified atom stereocenters. The average molecular weight is 369 g/mol. The van der Waals surface area contributed by atoms with E-state index >= 15 is 0 Å². The zero-order chi connectivity index (χ0) is 18.4. The Morgan fingerprint density at radius 1 is 1.23 bits per heavy atom. The van der Waals surface area contributed by atoms with Crippen molar-refractivity contribution in [1.82, 2.24) is 9.88 Å². The molecule has 1 fully saturated rings. The summed E-state index contributed by atoms with van der Waals surface area (Å²) < 4.78 is 0. The molecule has 134 valence electrons. The molecule has 0 atom stereocenters. The van der Waals surface area contributed by atoms with Gasteiger partial charge in [-0.15, -0.1) is 12.3 Å². The van der Waals surface area contributed by atoms with E-state index in [1.165, 1.54) is 0 Å². The number of carbonyl (C=O) groups excluding carboxylic acids is 1. The Balaban J connectivity index is 1.57. The Hall–Kier alpha value is -2.55. The molecule has 1 saturated heterocycles. The van der Waals surface area contributed by atoms with E-state index in [9.17, 15) is 4.79 Å². The second kappa shape index (κ2) is 8.70. The largest absolute Gasteiger partial charge is 0.354 e. The van der Waals surface area contributed by atoms with Crippen LogP contribution in [0, 0.1) is 12.3 Å². The monoisotopic (exact) mass is 368 g/mol. The van der Waals surface area contributed by atoms with Crippen LogP contribution < -0.4 is 10.2 Å². The van der Waals surface area contributed by atoms with E-state index in [1.54, 1.807) is 36.5 Å². The standard InChI is InChI=1S/C20H21ClN4O/c1-2-3-9-24-10-12-25(13-11-24)19-8-7-16(15-22-19)20(26)23-18-6-4-5-17(21)14-18/h1,4-8,14-15H,3,9-13H2,(H,23,26). The lowest BCUT2D eigenvalue weighted by Crippen LogP contribution is -2.46. The Morgan fingerprint density at radius 3 is 2.69 bits per heavy atom. The number of terminal acetylenes is 1. The molecule has 0 radical (unpaired) electrons. The Bertz CT molecular complexity index is 792. The quantitative estimate of drug-likeness (QED) is 0.824. The number of amides is 1. The van der Waals surface area contributed by atoms with E-state index in [2.05, 4.69) is 26.0 Å². The fraction of sp³-hybridized carbons (Fsp3) is 0.300. The van der Waals surface area contributed by atoms with Crippen molar-refractivity contribution in [3.05, 3.63) is 53.2 Å². The van der Waals surface area contributed by atoms with Crippen LogP contribution in [0.2, 0.25) is 5.02 Å². The lowest BCUT2D eigenvalue weighted by molar-refractivity contribution is 0.102. The van der Waals surface area contributed by atoms with E-state index in [0.29, 0.717) is 16.3 Å². The van der Waals surface area contributed by atoms with Gasteiger partial charge in [-0.1, -0.05) is 17.7 Å². The molecule has 0 spiro atoms. The normalized spacial score (nSPS) is 14.7. The number of pyridine rings is 1. The molecule has 6 heteroatoms. The molecule has 2 aromatic rings. The van der Waals surface area contributed by atoms with Crippen molar-refractivity contribution in [3.8, 4) is 12.3 Å². The molecular weight excluding hydrogens is 348 g/mol. The van der Waals surface area contributed by atoms with Crippen molar-refractivity contribution >= 4 is 29.0 Å². The second-order valence-electron chi connectivity index (χ2n) is 6.15. The van der Waals surface area contributed by atoms with Gasteiger partial charge in [-0.3, -0.25) is 9.69 Å². The van der Waals surface area contributed by atoms with Gasteiger partial charge in [0.05, 0.1) is 5.56 Å². The van der Waals surface area contributed by atoms with Crippen LogP contribution >= 0.6 is 11.6 Å². The molecular formula is C20H21ClN4O. The molecule has 2 heterocycles. The van der Waals surface area contributed by atoms with Gasteiger partial charge in [0.15, 0.2) is 0 Å². The first kappa shape index (κ1) is 18.2. The lowest BCUT2D eigenvalue weighted by atomic mass is 10.2. The number of nitrogens with zero attached hydrogens (tertiary/aromatic N) is 3. The third kappa shape index (κ3) is 4.75. The number of hydrogen-bond acceptors (Lipinski definition) is 4. The zero-order valence-electron chi connectivity index (χ0n) is 14.5. The summed E-state index contributed by atoms with van der Waals surface area (Å²) in [6.45, 7) is 4.71. The highest BCUT2D eigenvalue weighted by Gasteiger charge is 2.18. The summed E-state index contributed by atoms with van der Waals surface area (Å²) in [7, 11) is 0. The van der Waals surface area contributed by atoms with Gasteiger partial charge in [-0.2, -0.15) is 0 Å². The van der Waals surface area contributed by atoms with E-state index in [1.807, 2.05) is 6.07 Å². The first-order chi connectivity index (χ1) is 12.7. The smallest absolute Gasteiger partial charge is 0.257 e. The molecule has 1 amide bonds. The van der Waals surface area contributed by atoms with Crippen LogP contribution in [0.25, 0.3) is 0 Å². The Kier molecular flexibility index (Phi) is 6.11. The number of piperazine rings is 1. The summed E-state index contributed by atoms with van der Waals surface area (Å²) >= 11 is 5.94. The maximum absolute atomic E-state index is 12.3. The fourth-order valence-corrected chi connectivity index (χ4v) is 3.09. The first-order valence-electron chi connectivity index (χ1n) is 8.59. The summed E-state index contributed by atoms with van der Waals surface area (Å²) in [6, 6.07) is 10.8. The molecule has 1 N–H and O–H groups in total. The van der Waals surface area contributed by atoms with E-state index in [4.69, 9.17) is 18.0 Å². The van der Waals surface area contributed by atoms with Crippen LogP contribution in [-0.4, -0.2) is 48.5 Å². The molecule has 1 aliphatic rings. The maximum atomic E-state index is 12.3. The van der Waals surface area contributed by atoms with Gasteiger partial charge in [0.2, 0.25) is 0 Å². The minimum absolute atomic E-state index is 0.203. The molecule has 0 bridgehead atoms. The highest BCUT2D eigenvalue weighted by atomic mass is 35.5. The van der Waals surface area contributed by atoms with Gasteiger partial charge < -0.3 is 10.2 Å². The summed E-state index contributed by atoms with van der Waals surface area (Å²) in [6.07, 6.45) is 7.72. The third-order valence-electron chi connectivity index (χ3n) is 4.36. The number of nitrogens with one attached hydrogen (secondary N) is 1. The van der Waals surface area contributed by atoms with Crippen LogP contribution in [0.15, 0.2) is 42.6 Å². The number of carbonyl (C=O) groups is 1. The van der Waals surface area contributed by atoms with Crippen LogP contribution in [0.1, 0.15) is 16.8 Å². The summed E-state index contributed by atoms with van der Waals surface area (Å²) in [5.41, 5.74) is 1.18. The molecule has 26 heavy (non-hydrogen) atoms. The Morgan fingerprint density at radius 2 is 2.04 bits per heavy atom. The molecule has 1 aliphatic heterocycles. The van der Waals surface area contributed by atoms with Crippen LogP contribution in [-0.2, 0) is 0 Å². The minimum Gasteiger partial charge on any atom is -0.354 e. The highest BCUT2D eigenvalue weighted by Crippen LogP contribution is 2.17. The topological polar surface area (TPSA) is 48.5 Å². The van der Waals surface area contributed by atoms with E-state index < -0.39 is 0 Å². The number of anilines is 2. The fourth-order valence-electron chi connectivity index (χ4n) is 2.90. The summed E-state index contributed by atoms with van der Waals surface area (Å²) in [4.78, 5) is 21.4. The number of halogens is 1. The van der Waals surface area contributed by atoms with Crippen molar-refractivity contribution in [2.45, 2.75) is 6.42 Å². The van der Waals surface area contributed by atoms with Crippen molar-refractivity contribution in [3.63, 3.8) is 0 Å². The van der Waals surface area contributed by atoms with Gasteiger partial charge in [0.25, 0.3) is 5.91 Å². The predicted octanol–water partition coefficient (Wildman–Crippen LogP) is 3.13.